The molecule has 27 heavy (non-hydrogen) atoms. The first-order valence-electron chi connectivity index (χ1n) is 8.58. The average Bonchev–Trinajstić information content (AvgIpc) is 3.00. The fourth-order valence-corrected chi connectivity index (χ4v) is 2.56. The molecule has 3 rings (SSSR count). The van der Waals surface area contributed by atoms with E-state index in [1.165, 1.54) is 11.6 Å². The highest BCUT2D eigenvalue weighted by Crippen LogP contribution is 2.21. The van der Waals surface area contributed by atoms with Gasteiger partial charge in [0.15, 0.2) is 5.69 Å². The molecule has 1 aromatic heterocycles. The predicted molar refractivity (Wildman–Crippen MR) is 101 cm³/mol. The second kappa shape index (κ2) is 7.61. The monoisotopic (exact) mass is 368 g/mol. The third-order valence-corrected chi connectivity index (χ3v) is 4.49. The molecule has 0 saturated carbocycles. The van der Waals surface area contributed by atoms with Gasteiger partial charge in [0.2, 0.25) is 0 Å². The zero-order chi connectivity index (χ0) is 19.6. The minimum atomic E-state index is -0.478. The van der Waals surface area contributed by atoms with E-state index in [1.54, 1.807) is 26.0 Å². The molecule has 1 heterocycles. The number of aryl methyl sites for hydroxylation is 4. The van der Waals surface area contributed by atoms with Gasteiger partial charge in [0.05, 0.1) is 5.56 Å². The summed E-state index contributed by atoms with van der Waals surface area (Å²) < 4.78 is 24.6. The standard InChI is InChI=1S/C21H21FN2O3/c1-12-6-8-17(9-14(12)3)26-11-18-15(4)27-24-20(18)21(25)23-16-7-5-13(2)19(22)10-16/h5-10H,11H2,1-4H3,(H,23,25). The van der Waals surface area contributed by atoms with Crippen LogP contribution in [0.3, 0.4) is 0 Å². The molecule has 0 aliphatic rings. The number of carbonyl (C=O) groups excluding carboxylic acids is 1. The first kappa shape index (κ1) is 18.6. The maximum atomic E-state index is 13.7. The summed E-state index contributed by atoms with van der Waals surface area (Å²) >= 11 is 0. The first-order valence-corrected chi connectivity index (χ1v) is 8.58. The van der Waals surface area contributed by atoms with Crippen LogP contribution in [-0.4, -0.2) is 11.1 Å². The molecular formula is C21H21FN2O3. The quantitative estimate of drug-likeness (QED) is 0.697. The zero-order valence-corrected chi connectivity index (χ0v) is 15.7. The Labute approximate surface area is 157 Å². The SMILES string of the molecule is Cc1ccc(OCc2c(C(=O)Nc3ccc(C)c(F)c3)noc2C)cc1C. The Bertz CT molecular complexity index is 995. The number of carbonyl (C=O) groups is 1. The molecule has 0 aliphatic carbocycles. The number of hydrogen-bond donors (Lipinski definition) is 1. The Hall–Kier alpha value is -3.15. The molecule has 0 atom stereocenters. The predicted octanol–water partition coefficient (Wildman–Crippen LogP) is 4.88. The van der Waals surface area contributed by atoms with Gasteiger partial charge in [0, 0.05) is 5.69 Å². The minimum Gasteiger partial charge on any atom is -0.489 e. The van der Waals surface area contributed by atoms with Crippen molar-refractivity contribution in [1.29, 1.82) is 0 Å². The summed E-state index contributed by atoms with van der Waals surface area (Å²) in [5.74, 6) is 0.334. The molecule has 0 saturated heterocycles. The van der Waals surface area contributed by atoms with Crippen LogP contribution in [0, 0.1) is 33.5 Å². The molecule has 2 aromatic carbocycles. The van der Waals surface area contributed by atoms with Gasteiger partial charge in [-0.05, 0) is 68.7 Å². The van der Waals surface area contributed by atoms with Gasteiger partial charge in [-0.3, -0.25) is 4.79 Å². The molecule has 0 unspecified atom stereocenters. The van der Waals surface area contributed by atoms with E-state index in [9.17, 15) is 9.18 Å². The number of amides is 1. The Morgan fingerprint density at radius 2 is 1.81 bits per heavy atom. The van der Waals surface area contributed by atoms with Crippen molar-refractivity contribution in [1.82, 2.24) is 5.16 Å². The number of nitrogens with zero attached hydrogens (tertiary/aromatic N) is 1. The van der Waals surface area contributed by atoms with Crippen LogP contribution in [0.25, 0.3) is 0 Å². The van der Waals surface area contributed by atoms with Gasteiger partial charge in [-0.2, -0.15) is 0 Å². The summed E-state index contributed by atoms with van der Waals surface area (Å²) in [7, 11) is 0. The van der Waals surface area contributed by atoms with Crippen LogP contribution in [0.15, 0.2) is 40.9 Å². The molecule has 0 bridgehead atoms. The number of anilines is 1. The lowest BCUT2D eigenvalue weighted by Gasteiger charge is -2.09. The summed E-state index contributed by atoms with van der Waals surface area (Å²) in [6.07, 6.45) is 0. The molecule has 0 radical (unpaired) electrons. The van der Waals surface area contributed by atoms with E-state index < -0.39 is 5.91 Å². The van der Waals surface area contributed by atoms with Gasteiger partial charge in [0.25, 0.3) is 5.91 Å². The highest BCUT2D eigenvalue weighted by atomic mass is 19.1. The van der Waals surface area contributed by atoms with Crippen LogP contribution in [0.2, 0.25) is 0 Å². The summed E-state index contributed by atoms with van der Waals surface area (Å²) in [4.78, 5) is 12.5. The summed E-state index contributed by atoms with van der Waals surface area (Å²) in [5, 5.41) is 6.47. The topological polar surface area (TPSA) is 64.4 Å². The van der Waals surface area contributed by atoms with Crippen LogP contribution in [0.5, 0.6) is 5.75 Å². The van der Waals surface area contributed by atoms with Crippen molar-refractivity contribution >= 4 is 11.6 Å². The Kier molecular flexibility index (Phi) is 5.26. The number of aromatic nitrogens is 1. The summed E-state index contributed by atoms with van der Waals surface area (Å²) in [6, 6.07) is 10.3. The van der Waals surface area contributed by atoms with Crippen LogP contribution in [-0.2, 0) is 6.61 Å². The average molecular weight is 368 g/mol. The highest BCUT2D eigenvalue weighted by Gasteiger charge is 2.21. The maximum Gasteiger partial charge on any atom is 0.278 e. The Balaban J connectivity index is 1.75. The number of halogens is 1. The molecule has 0 spiro atoms. The largest absolute Gasteiger partial charge is 0.489 e. The fourth-order valence-electron chi connectivity index (χ4n) is 2.56. The fraction of sp³-hybridized carbons (Fsp3) is 0.238. The molecule has 1 N–H and O–H groups in total. The molecule has 0 fully saturated rings. The van der Waals surface area contributed by atoms with Gasteiger partial charge in [-0.1, -0.05) is 17.3 Å². The van der Waals surface area contributed by atoms with Crippen molar-refractivity contribution in [2.45, 2.75) is 34.3 Å². The van der Waals surface area contributed by atoms with Crippen molar-refractivity contribution in [2.24, 2.45) is 0 Å². The van der Waals surface area contributed by atoms with E-state index in [4.69, 9.17) is 9.26 Å². The number of benzene rings is 2. The van der Waals surface area contributed by atoms with Gasteiger partial charge >= 0.3 is 0 Å². The molecule has 1 amide bonds. The van der Waals surface area contributed by atoms with Gasteiger partial charge in [-0.15, -0.1) is 0 Å². The van der Waals surface area contributed by atoms with E-state index in [1.807, 2.05) is 32.0 Å². The van der Waals surface area contributed by atoms with Crippen molar-refractivity contribution in [3.63, 3.8) is 0 Å². The first-order chi connectivity index (χ1) is 12.8. The second-order valence-electron chi connectivity index (χ2n) is 6.52. The lowest BCUT2D eigenvalue weighted by Crippen LogP contribution is -2.15. The van der Waals surface area contributed by atoms with Crippen molar-refractivity contribution in [2.75, 3.05) is 5.32 Å². The lowest BCUT2D eigenvalue weighted by atomic mass is 10.1. The maximum absolute atomic E-state index is 13.7. The third kappa shape index (κ3) is 4.16. The van der Waals surface area contributed by atoms with Gasteiger partial charge in [-0.25, -0.2) is 4.39 Å². The minimum absolute atomic E-state index is 0.123. The normalized spacial score (nSPS) is 10.7. The number of hydrogen-bond acceptors (Lipinski definition) is 4. The van der Waals surface area contributed by atoms with E-state index >= 15 is 0 Å². The number of nitrogens with one attached hydrogen (secondary N) is 1. The molecule has 3 aromatic rings. The van der Waals surface area contributed by atoms with E-state index in [-0.39, 0.29) is 18.1 Å². The van der Waals surface area contributed by atoms with Gasteiger partial charge in [0.1, 0.15) is 23.9 Å². The van der Waals surface area contributed by atoms with Crippen LogP contribution in [0.4, 0.5) is 10.1 Å². The van der Waals surface area contributed by atoms with E-state index in [0.717, 1.165) is 5.56 Å². The van der Waals surface area contributed by atoms with Crippen molar-refractivity contribution < 1.29 is 18.4 Å². The van der Waals surface area contributed by atoms with E-state index in [0.29, 0.717) is 28.3 Å². The molecular weight excluding hydrogens is 347 g/mol. The third-order valence-electron chi connectivity index (χ3n) is 4.49. The smallest absolute Gasteiger partial charge is 0.278 e. The highest BCUT2D eigenvalue weighted by molar-refractivity contribution is 6.03. The summed E-state index contributed by atoms with van der Waals surface area (Å²) in [5.41, 5.74) is 3.83. The van der Waals surface area contributed by atoms with Crippen LogP contribution in [0.1, 0.15) is 38.5 Å². The Morgan fingerprint density at radius 3 is 2.52 bits per heavy atom. The lowest BCUT2D eigenvalue weighted by molar-refractivity contribution is 0.101. The van der Waals surface area contributed by atoms with Crippen LogP contribution < -0.4 is 10.1 Å². The van der Waals surface area contributed by atoms with Crippen molar-refractivity contribution in [3.05, 3.63) is 75.9 Å². The van der Waals surface area contributed by atoms with Crippen molar-refractivity contribution in [3.8, 4) is 5.75 Å². The summed E-state index contributed by atoms with van der Waals surface area (Å²) in [6.45, 7) is 7.55. The number of ether oxygens (including phenoxy) is 1. The van der Waals surface area contributed by atoms with Gasteiger partial charge < -0.3 is 14.6 Å². The second-order valence-corrected chi connectivity index (χ2v) is 6.52. The molecule has 6 heteroatoms. The molecule has 0 aliphatic heterocycles. The van der Waals surface area contributed by atoms with E-state index in [2.05, 4.69) is 10.5 Å². The number of rotatable bonds is 5. The molecule has 5 nitrogen and oxygen atoms in total. The van der Waals surface area contributed by atoms with Crippen LogP contribution >= 0.6 is 0 Å². The molecule has 140 valence electrons. The Morgan fingerprint density at radius 1 is 1.07 bits per heavy atom. The zero-order valence-electron chi connectivity index (χ0n) is 15.7.